The molecule has 1 aliphatic carbocycles. The molecule has 5 aromatic rings. The Hall–Kier alpha value is -4.44. The number of aromatic nitrogens is 4. The Morgan fingerprint density at radius 3 is 1.55 bits per heavy atom. The molecular formula is C40H41N4+. The van der Waals surface area contributed by atoms with Gasteiger partial charge < -0.3 is 0 Å². The van der Waals surface area contributed by atoms with Crippen LogP contribution in [0.1, 0.15) is 72.1 Å². The minimum absolute atomic E-state index is 0.0686. The van der Waals surface area contributed by atoms with Crippen LogP contribution in [-0.4, -0.2) is 15.0 Å². The van der Waals surface area contributed by atoms with Crippen LogP contribution in [0.2, 0.25) is 0 Å². The van der Waals surface area contributed by atoms with Crippen LogP contribution in [0.3, 0.4) is 0 Å². The summed E-state index contributed by atoms with van der Waals surface area (Å²) >= 11 is 0. The standard InChI is InChI=1S/C40H41N4/c1-25-39(8)32-13-11-10-12-31(32)33-23-18-28(24-44(33)40(25,39)9)36-42-34(26-14-19-29(20-15-26)37(2,3)4)41-35(43-36)27-16-21-30(22-17-27)38(5,6)7/h10-24H,1H2,2-9H3/q+1. The number of benzene rings is 3. The molecule has 3 aromatic carbocycles. The Morgan fingerprint density at radius 1 is 0.591 bits per heavy atom. The van der Waals surface area contributed by atoms with E-state index in [2.05, 4.69) is 158 Å². The summed E-state index contributed by atoms with van der Waals surface area (Å²) in [6.45, 7) is 22.6. The van der Waals surface area contributed by atoms with Crippen LogP contribution in [0.25, 0.3) is 45.4 Å². The molecule has 44 heavy (non-hydrogen) atoms. The molecule has 0 N–H and O–H groups in total. The topological polar surface area (TPSA) is 42.6 Å². The highest BCUT2D eigenvalue weighted by Crippen LogP contribution is 2.67. The van der Waals surface area contributed by atoms with Crippen molar-refractivity contribution < 1.29 is 4.57 Å². The van der Waals surface area contributed by atoms with Gasteiger partial charge in [0.2, 0.25) is 11.2 Å². The number of rotatable bonds is 3. The number of fused-ring (bicyclic) bond motifs is 6. The van der Waals surface area contributed by atoms with E-state index in [1.807, 2.05) is 0 Å². The molecule has 2 aliphatic rings. The predicted octanol–water partition coefficient (Wildman–Crippen LogP) is 8.98. The van der Waals surface area contributed by atoms with Gasteiger partial charge in [-0.15, -0.1) is 0 Å². The Kier molecular flexibility index (Phi) is 5.98. The van der Waals surface area contributed by atoms with Gasteiger partial charge in [0.25, 0.3) is 0 Å². The molecule has 220 valence electrons. The number of pyridine rings is 1. The Morgan fingerprint density at radius 2 is 1.05 bits per heavy atom. The number of allylic oxidation sites excluding steroid dienone is 1. The fourth-order valence-corrected chi connectivity index (χ4v) is 6.94. The van der Waals surface area contributed by atoms with Gasteiger partial charge in [0, 0.05) is 29.7 Å². The zero-order valence-corrected chi connectivity index (χ0v) is 27.2. The van der Waals surface area contributed by atoms with Crippen molar-refractivity contribution in [2.75, 3.05) is 0 Å². The van der Waals surface area contributed by atoms with Crippen molar-refractivity contribution in [2.24, 2.45) is 0 Å². The third-order valence-corrected chi connectivity index (χ3v) is 10.2. The monoisotopic (exact) mass is 577 g/mol. The highest BCUT2D eigenvalue weighted by atomic mass is 15.2. The molecule has 1 aliphatic heterocycles. The molecule has 2 aromatic heterocycles. The van der Waals surface area contributed by atoms with Crippen molar-refractivity contribution in [1.29, 1.82) is 0 Å². The van der Waals surface area contributed by atoms with E-state index in [1.165, 1.54) is 33.5 Å². The molecule has 3 heterocycles. The van der Waals surface area contributed by atoms with Gasteiger partial charge in [-0.25, -0.2) is 15.0 Å². The van der Waals surface area contributed by atoms with Gasteiger partial charge in [0.1, 0.15) is 0 Å². The quantitative estimate of drug-likeness (QED) is 0.159. The molecule has 0 radical (unpaired) electrons. The molecule has 1 fully saturated rings. The molecule has 4 heteroatoms. The molecule has 0 spiro atoms. The summed E-state index contributed by atoms with van der Waals surface area (Å²) in [7, 11) is 0. The smallest absolute Gasteiger partial charge is 0.208 e. The van der Waals surface area contributed by atoms with Crippen LogP contribution in [-0.2, 0) is 21.8 Å². The molecule has 0 amide bonds. The van der Waals surface area contributed by atoms with Gasteiger partial charge in [-0.1, -0.05) is 115 Å². The average Bonchev–Trinajstić information content (AvgIpc) is 3.48. The minimum Gasteiger partial charge on any atom is -0.208 e. The summed E-state index contributed by atoms with van der Waals surface area (Å²) in [5.74, 6) is 2.01. The van der Waals surface area contributed by atoms with E-state index in [9.17, 15) is 0 Å². The van der Waals surface area contributed by atoms with Crippen molar-refractivity contribution >= 4 is 0 Å². The summed E-state index contributed by atoms with van der Waals surface area (Å²) in [5, 5.41) is 0. The van der Waals surface area contributed by atoms with Crippen LogP contribution >= 0.6 is 0 Å². The van der Waals surface area contributed by atoms with Crippen molar-refractivity contribution in [3.05, 3.63) is 120 Å². The Balaban J connectivity index is 1.39. The summed E-state index contributed by atoms with van der Waals surface area (Å²) in [4.78, 5) is 15.2. The lowest BCUT2D eigenvalue weighted by molar-refractivity contribution is -0.726. The first-order valence-electron chi connectivity index (χ1n) is 15.6. The molecule has 4 nitrogen and oxygen atoms in total. The predicted molar refractivity (Wildman–Crippen MR) is 179 cm³/mol. The number of hydrogen-bond donors (Lipinski definition) is 0. The first kappa shape index (κ1) is 28.3. The van der Waals surface area contributed by atoms with Gasteiger partial charge in [-0.3, -0.25) is 0 Å². The van der Waals surface area contributed by atoms with Crippen LogP contribution in [0.4, 0.5) is 0 Å². The van der Waals surface area contributed by atoms with Crippen molar-refractivity contribution in [3.63, 3.8) is 0 Å². The van der Waals surface area contributed by atoms with E-state index in [0.717, 1.165) is 16.7 Å². The average molecular weight is 578 g/mol. The van der Waals surface area contributed by atoms with E-state index in [4.69, 9.17) is 15.0 Å². The molecule has 2 unspecified atom stereocenters. The fraction of sp³-hybridized carbons (Fsp3) is 0.300. The highest BCUT2D eigenvalue weighted by Gasteiger charge is 2.77. The third kappa shape index (κ3) is 4.11. The summed E-state index contributed by atoms with van der Waals surface area (Å²) in [6, 6.07) is 30.3. The van der Waals surface area contributed by atoms with E-state index >= 15 is 0 Å². The maximum atomic E-state index is 5.08. The zero-order valence-electron chi connectivity index (χ0n) is 27.2. The number of hydrogen-bond acceptors (Lipinski definition) is 3. The second-order valence-corrected chi connectivity index (χ2v) is 14.9. The largest absolute Gasteiger partial charge is 0.213 e. The summed E-state index contributed by atoms with van der Waals surface area (Å²) < 4.78 is 2.40. The van der Waals surface area contributed by atoms with Crippen molar-refractivity contribution in [2.45, 2.75) is 77.2 Å². The number of nitrogens with zero attached hydrogens (tertiary/aromatic N) is 4. The molecule has 2 atom stereocenters. The van der Waals surface area contributed by atoms with Gasteiger partial charge in [-0.2, -0.15) is 4.57 Å². The molecule has 0 saturated heterocycles. The first-order valence-corrected chi connectivity index (χ1v) is 15.6. The second-order valence-electron chi connectivity index (χ2n) is 14.9. The van der Waals surface area contributed by atoms with E-state index in [-0.39, 0.29) is 21.8 Å². The lowest BCUT2D eigenvalue weighted by Crippen LogP contribution is -2.52. The molecular weight excluding hydrogens is 536 g/mol. The van der Waals surface area contributed by atoms with Gasteiger partial charge in [0.05, 0.1) is 16.5 Å². The zero-order chi connectivity index (χ0) is 31.2. The normalized spacial score (nSPS) is 20.5. The lowest BCUT2D eigenvalue weighted by Gasteiger charge is -2.24. The van der Waals surface area contributed by atoms with Crippen molar-refractivity contribution in [3.8, 4) is 45.4 Å². The molecule has 7 rings (SSSR count). The Bertz CT molecular complexity index is 1880. The highest BCUT2D eigenvalue weighted by molar-refractivity contribution is 5.75. The van der Waals surface area contributed by atoms with Crippen molar-refractivity contribution in [1.82, 2.24) is 15.0 Å². The van der Waals surface area contributed by atoms with Crippen LogP contribution in [0.15, 0.2) is 103 Å². The fourth-order valence-electron chi connectivity index (χ4n) is 6.94. The summed E-state index contributed by atoms with van der Waals surface area (Å²) in [6.07, 6.45) is 2.22. The Labute approximate surface area is 261 Å². The van der Waals surface area contributed by atoms with Crippen LogP contribution in [0.5, 0.6) is 0 Å². The maximum absolute atomic E-state index is 5.08. The van der Waals surface area contributed by atoms with E-state index in [1.54, 1.807) is 0 Å². The lowest BCUT2D eigenvalue weighted by atomic mass is 9.84. The van der Waals surface area contributed by atoms with E-state index in [0.29, 0.717) is 17.5 Å². The summed E-state index contributed by atoms with van der Waals surface area (Å²) in [5.41, 5.74) is 10.3. The second kappa shape index (κ2) is 9.28. The third-order valence-electron chi connectivity index (χ3n) is 10.2. The van der Waals surface area contributed by atoms with Gasteiger partial charge in [0.15, 0.2) is 23.7 Å². The minimum atomic E-state index is -0.211. The first-order chi connectivity index (χ1) is 20.7. The maximum Gasteiger partial charge on any atom is 0.213 e. The SMILES string of the molecule is C=C1C2(C)c3ccccc3-c3ccc(-c4nc(-c5ccc(C(C)(C)C)cc5)nc(-c5ccc(C(C)(C)C)cc5)n4)c[n+]3C12C. The van der Waals surface area contributed by atoms with Crippen LogP contribution < -0.4 is 4.57 Å². The molecule has 0 bridgehead atoms. The van der Waals surface area contributed by atoms with Gasteiger partial charge in [-0.05, 0) is 46.6 Å². The van der Waals surface area contributed by atoms with E-state index < -0.39 is 0 Å². The van der Waals surface area contributed by atoms with Gasteiger partial charge >= 0.3 is 0 Å². The van der Waals surface area contributed by atoms with Crippen LogP contribution in [0, 0.1) is 0 Å². The molecule has 1 saturated carbocycles.